The second-order valence-electron chi connectivity index (χ2n) is 12.3. The van der Waals surface area contributed by atoms with Crippen LogP contribution < -0.4 is 4.74 Å². The first-order valence-corrected chi connectivity index (χ1v) is 16.5. The number of rotatable bonds is 8. The Balaban J connectivity index is 0.000000567. The van der Waals surface area contributed by atoms with Gasteiger partial charge in [0.25, 0.3) is 10.1 Å². The Labute approximate surface area is 232 Å². The van der Waals surface area contributed by atoms with Crippen molar-refractivity contribution in [2.24, 2.45) is 23.7 Å². The average Bonchev–Trinajstić information content (AvgIpc) is 3.26. The van der Waals surface area contributed by atoms with Gasteiger partial charge in [-0.1, -0.05) is 19.1 Å². The lowest BCUT2D eigenvalue weighted by Gasteiger charge is -2.57. The summed E-state index contributed by atoms with van der Waals surface area (Å²) in [4.78, 5) is 14.5. The highest BCUT2D eigenvalue weighted by Gasteiger charge is 2.66. The average molecular weight is 568 g/mol. The van der Waals surface area contributed by atoms with Gasteiger partial charge in [-0.2, -0.15) is 18.2 Å². The van der Waals surface area contributed by atoms with Crippen molar-refractivity contribution in [2.45, 2.75) is 82.2 Å². The number of aliphatic hydroxyl groups excluding tert-OH is 1. The lowest BCUT2D eigenvalue weighted by molar-refractivity contribution is -0.390. The molecular weight excluding hydrogens is 522 g/mol. The number of benzene rings is 1. The van der Waals surface area contributed by atoms with Crippen LogP contribution in [0.2, 0.25) is 0 Å². The Kier molecular flexibility index (Phi) is 8.93. The maximum absolute atomic E-state index is 9.19. The molecule has 1 aromatic carbocycles. The molecule has 6 aliphatic rings. The number of likely N-dealkylation sites (N-methyl/N-ethyl adjacent to an activating group) is 1. The molecule has 1 aromatic rings. The Morgan fingerprint density at radius 2 is 1.56 bits per heavy atom. The van der Waals surface area contributed by atoms with Crippen LogP contribution in [0.5, 0.6) is 5.75 Å². The van der Waals surface area contributed by atoms with Gasteiger partial charge in [0.1, 0.15) is 12.4 Å². The van der Waals surface area contributed by atoms with Crippen LogP contribution in [0.4, 0.5) is 0 Å². The maximum atomic E-state index is 9.19. The van der Waals surface area contributed by atoms with E-state index in [0.29, 0.717) is 37.2 Å². The highest BCUT2D eigenvalue weighted by Crippen LogP contribution is 2.64. The van der Waals surface area contributed by atoms with Gasteiger partial charge in [0.15, 0.2) is 0 Å². The number of hydrogen-bond acceptors (Lipinski definition) is 8. The molecule has 10 heteroatoms. The third-order valence-electron chi connectivity index (χ3n) is 9.58. The Morgan fingerprint density at radius 1 is 0.974 bits per heavy atom. The highest BCUT2D eigenvalue weighted by molar-refractivity contribution is 7.85. The molecule has 6 fully saturated rings. The van der Waals surface area contributed by atoms with Crippen LogP contribution >= 0.6 is 0 Å². The van der Waals surface area contributed by atoms with Gasteiger partial charge in [-0.15, -0.1) is 0 Å². The van der Waals surface area contributed by atoms with E-state index in [1.807, 2.05) is 0 Å². The second kappa shape index (κ2) is 11.9. The van der Waals surface area contributed by atoms with Crippen LogP contribution in [0.1, 0.15) is 76.2 Å². The number of nitrogens with zero attached hydrogens (tertiary/aromatic N) is 1. The Bertz CT molecular complexity index is 1020. The zero-order valence-corrected chi connectivity index (χ0v) is 24.1. The zero-order chi connectivity index (χ0) is 27.7. The zero-order valence-electron chi connectivity index (χ0n) is 23.3. The van der Waals surface area contributed by atoms with Gasteiger partial charge in [0, 0.05) is 37.8 Å². The first-order chi connectivity index (χ1) is 18.6. The summed E-state index contributed by atoms with van der Waals surface area (Å²) in [5.41, 5.74) is 1.38. The number of hydrogen-bond donors (Lipinski definition) is 2. The Hall–Kier alpha value is -1.27. The smallest absolute Gasteiger partial charge is 0.261 e. The van der Waals surface area contributed by atoms with Gasteiger partial charge in [0.2, 0.25) is 11.6 Å². The van der Waals surface area contributed by atoms with E-state index in [0.717, 1.165) is 56.4 Å². The van der Waals surface area contributed by atoms with Gasteiger partial charge >= 0.3 is 0 Å². The molecule has 0 aromatic heterocycles. The van der Waals surface area contributed by atoms with E-state index in [-0.39, 0.29) is 6.61 Å². The third kappa shape index (κ3) is 6.80. The van der Waals surface area contributed by atoms with E-state index in [4.69, 9.17) is 28.9 Å². The SMILES string of the molecule is CCN(CCO)CCOc1ccc(C2CCC3(CC2)OOC2(O3)C3CC4CC(C3)CC2C4)cc1.CS(=O)(=O)O. The molecule has 0 unspecified atom stereocenters. The summed E-state index contributed by atoms with van der Waals surface area (Å²) < 4.78 is 38.7. The first kappa shape index (κ1) is 29.2. The normalized spacial score (nSPS) is 36.9. The second-order valence-corrected chi connectivity index (χ2v) is 13.8. The maximum Gasteiger partial charge on any atom is 0.261 e. The molecule has 1 heterocycles. The third-order valence-corrected chi connectivity index (χ3v) is 9.58. The van der Waals surface area contributed by atoms with E-state index in [9.17, 15) is 8.42 Å². The van der Waals surface area contributed by atoms with Crippen LogP contribution in [0.3, 0.4) is 0 Å². The molecule has 7 rings (SSSR count). The standard InChI is InChI=1S/C28H41NO5.CH4O3S/c1-2-29(11-13-30)12-14-31-26-5-3-22(4-6-26)23-7-9-27(10-8-23)32-28(34-33-27)24-16-20-15-21(18-24)19-25(28)17-20;1-5(2,3)4/h3-6,20-21,23-25,30H,2,7-19H2,1H3;1H3,(H,2,3,4). The monoisotopic (exact) mass is 567 g/mol. The fourth-order valence-corrected chi connectivity index (χ4v) is 7.88. The molecular formula is C29H45NO8S. The van der Waals surface area contributed by atoms with Crippen molar-refractivity contribution >= 4 is 10.1 Å². The fourth-order valence-electron chi connectivity index (χ4n) is 7.88. The van der Waals surface area contributed by atoms with Crippen LogP contribution in [0.15, 0.2) is 24.3 Å². The van der Waals surface area contributed by atoms with Crippen molar-refractivity contribution < 1.29 is 37.3 Å². The van der Waals surface area contributed by atoms with E-state index in [1.165, 1.54) is 37.7 Å². The molecule has 1 saturated heterocycles. The van der Waals surface area contributed by atoms with E-state index in [2.05, 4.69) is 36.1 Å². The van der Waals surface area contributed by atoms with Crippen molar-refractivity contribution in [2.75, 3.05) is 39.1 Å². The summed E-state index contributed by atoms with van der Waals surface area (Å²) in [6.07, 6.45) is 11.1. The van der Waals surface area contributed by atoms with Crippen LogP contribution in [-0.4, -0.2) is 73.7 Å². The molecule has 4 bridgehead atoms. The van der Waals surface area contributed by atoms with E-state index < -0.39 is 21.7 Å². The summed E-state index contributed by atoms with van der Waals surface area (Å²) in [5.74, 6) is 3.30. The molecule has 5 saturated carbocycles. The van der Waals surface area contributed by atoms with Gasteiger partial charge in [-0.05, 0) is 86.9 Å². The van der Waals surface area contributed by atoms with Gasteiger partial charge in [-0.3, -0.25) is 9.45 Å². The molecule has 5 aliphatic carbocycles. The van der Waals surface area contributed by atoms with Gasteiger partial charge in [0.05, 0.1) is 12.9 Å². The summed E-state index contributed by atoms with van der Waals surface area (Å²) in [6.45, 7) is 5.39. The minimum Gasteiger partial charge on any atom is -0.492 e. The largest absolute Gasteiger partial charge is 0.492 e. The lowest BCUT2D eigenvalue weighted by atomic mass is 9.53. The highest BCUT2D eigenvalue weighted by atomic mass is 32.2. The minimum absolute atomic E-state index is 0.191. The van der Waals surface area contributed by atoms with Crippen LogP contribution in [0.25, 0.3) is 0 Å². The molecule has 220 valence electrons. The predicted octanol–water partition coefficient (Wildman–Crippen LogP) is 4.37. The molecule has 0 atom stereocenters. The Morgan fingerprint density at radius 3 is 2.10 bits per heavy atom. The molecule has 39 heavy (non-hydrogen) atoms. The topological polar surface area (TPSA) is 115 Å². The van der Waals surface area contributed by atoms with E-state index in [1.54, 1.807) is 0 Å². The molecule has 1 aliphatic heterocycles. The van der Waals surface area contributed by atoms with Gasteiger partial charge in [-0.25, -0.2) is 0 Å². The lowest BCUT2D eigenvalue weighted by Crippen LogP contribution is -2.59. The van der Waals surface area contributed by atoms with Gasteiger partial charge < -0.3 is 14.6 Å². The molecule has 0 amide bonds. The molecule has 2 spiro atoms. The fraction of sp³-hybridized carbons (Fsp3) is 0.793. The van der Waals surface area contributed by atoms with Crippen LogP contribution in [0, 0.1) is 23.7 Å². The van der Waals surface area contributed by atoms with Crippen LogP contribution in [-0.2, 0) is 24.6 Å². The molecule has 9 nitrogen and oxygen atoms in total. The summed E-state index contributed by atoms with van der Waals surface area (Å²) in [6, 6.07) is 8.62. The molecule has 0 radical (unpaired) electrons. The van der Waals surface area contributed by atoms with E-state index >= 15 is 0 Å². The van der Waals surface area contributed by atoms with Crippen molar-refractivity contribution in [3.8, 4) is 5.75 Å². The van der Waals surface area contributed by atoms with Crippen molar-refractivity contribution in [3.63, 3.8) is 0 Å². The first-order valence-electron chi connectivity index (χ1n) is 14.7. The summed E-state index contributed by atoms with van der Waals surface area (Å²) >= 11 is 0. The number of aliphatic hydroxyl groups is 1. The number of ether oxygens (including phenoxy) is 2. The predicted molar refractivity (Wildman–Crippen MR) is 146 cm³/mol. The van der Waals surface area contributed by atoms with Crippen molar-refractivity contribution in [1.29, 1.82) is 0 Å². The quantitative estimate of drug-likeness (QED) is 0.349. The van der Waals surface area contributed by atoms with Crippen molar-refractivity contribution in [1.82, 2.24) is 4.90 Å². The molecule has 2 N–H and O–H groups in total. The van der Waals surface area contributed by atoms with Crippen molar-refractivity contribution in [3.05, 3.63) is 29.8 Å². The minimum atomic E-state index is -3.67. The summed E-state index contributed by atoms with van der Waals surface area (Å²) in [7, 11) is -3.67. The summed E-state index contributed by atoms with van der Waals surface area (Å²) in [5, 5.41) is 9.11.